The number of fused-ring (bicyclic) bond motifs is 1. The zero-order valence-corrected chi connectivity index (χ0v) is 22.4. The van der Waals surface area contributed by atoms with Crippen LogP contribution in [-0.2, 0) is 35.5 Å². The van der Waals surface area contributed by atoms with E-state index in [2.05, 4.69) is 44.8 Å². The molecule has 1 aliphatic heterocycles. The third-order valence-corrected chi connectivity index (χ3v) is 7.68. The number of imidazole rings is 1. The molecule has 0 radical (unpaired) electrons. The van der Waals surface area contributed by atoms with Gasteiger partial charge in [-0.2, -0.15) is 0 Å². The van der Waals surface area contributed by atoms with E-state index in [0.29, 0.717) is 43.8 Å². The van der Waals surface area contributed by atoms with E-state index in [1.54, 1.807) is 6.33 Å². The number of carbonyl (C=O) groups excluding carboxylic acids is 1. The van der Waals surface area contributed by atoms with Crippen molar-refractivity contribution >= 4 is 11.7 Å². The van der Waals surface area contributed by atoms with Gasteiger partial charge in [0.2, 0.25) is 5.91 Å². The van der Waals surface area contributed by atoms with Crippen molar-refractivity contribution in [3.63, 3.8) is 0 Å². The minimum absolute atomic E-state index is 0.0563. The van der Waals surface area contributed by atoms with Crippen molar-refractivity contribution in [2.75, 3.05) is 25.1 Å². The van der Waals surface area contributed by atoms with Gasteiger partial charge < -0.3 is 19.9 Å². The van der Waals surface area contributed by atoms with Crippen LogP contribution in [0.25, 0.3) is 0 Å². The molecule has 0 saturated carbocycles. The Kier molecular flexibility index (Phi) is 9.01. The van der Waals surface area contributed by atoms with Crippen LogP contribution in [0.2, 0.25) is 0 Å². The van der Waals surface area contributed by atoms with E-state index >= 15 is 0 Å². The van der Waals surface area contributed by atoms with E-state index in [1.165, 1.54) is 11.6 Å². The van der Waals surface area contributed by atoms with E-state index in [4.69, 9.17) is 4.74 Å². The summed E-state index contributed by atoms with van der Waals surface area (Å²) in [6, 6.07) is 12.5. The van der Waals surface area contributed by atoms with Crippen LogP contribution in [0.4, 0.5) is 14.6 Å². The van der Waals surface area contributed by atoms with Gasteiger partial charge in [0.15, 0.2) is 5.82 Å². The highest BCUT2D eigenvalue weighted by Crippen LogP contribution is 2.26. The van der Waals surface area contributed by atoms with Crippen LogP contribution in [0, 0.1) is 11.6 Å². The van der Waals surface area contributed by atoms with Crippen LogP contribution >= 0.6 is 0 Å². The molecule has 1 unspecified atom stereocenters. The van der Waals surface area contributed by atoms with Crippen molar-refractivity contribution in [1.82, 2.24) is 19.8 Å². The van der Waals surface area contributed by atoms with Crippen molar-refractivity contribution < 1.29 is 18.3 Å². The maximum Gasteiger partial charge on any atom is 0.242 e. The minimum atomic E-state index is -0.541. The lowest BCUT2D eigenvalue weighted by atomic mass is 9.87. The lowest BCUT2D eigenvalue weighted by Gasteiger charge is -2.35. The fourth-order valence-electron chi connectivity index (χ4n) is 5.66. The first-order valence-corrected chi connectivity index (χ1v) is 13.9. The predicted octanol–water partition coefficient (Wildman–Crippen LogP) is 4.32. The number of hydrogen-bond acceptors (Lipinski definition) is 5. The predicted molar refractivity (Wildman–Crippen MR) is 146 cm³/mol. The molecular weight excluding hydrogens is 500 g/mol. The zero-order chi connectivity index (χ0) is 27.2. The van der Waals surface area contributed by atoms with Crippen LogP contribution in [0.1, 0.15) is 42.9 Å². The van der Waals surface area contributed by atoms with Crippen LogP contribution in [0.5, 0.6) is 0 Å². The first-order valence-electron chi connectivity index (χ1n) is 13.9. The Bertz CT molecular complexity index is 1250. The Morgan fingerprint density at radius 1 is 1.23 bits per heavy atom. The molecule has 7 nitrogen and oxygen atoms in total. The Hall–Kier alpha value is -3.14. The number of aryl methyl sites for hydroxylation is 1. The van der Waals surface area contributed by atoms with Gasteiger partial charge in [0, 0.05) is 37.9 Å². The lowest BCUT2D eigenvalue weighted by molar-refractivity contribution is -0.118. The lowest BCUT2D eigenvalue weighted by Crippen LogP contribution is -2.48. The highest BCUT2D eigenvalue weighted by atomic mass is 19.1. The van der Waals surface area contributed by atoms with Crippen LogP contribution in [-0.4, -0.2) is 58.2 Å². The van der Waals surface area contributed by atoms with E-state index in [9.17, 15) is 13.6 Å². The topological polar surface area (TPSA) is 71.4 Å². The Balaban J connectivity index is 1.18. The molecule has 0 bridgehead atoms. The molecule has 0 spiro atoms. The number of hydrogen-bond donors (Lipinski definition) is 2. The monoisotopic (exact) mass is 537 g/mol. The molecule has 3 aromatic rings. The van der Waals surface area contributed by atoms with Gasteiger partial charge in [-0.05, 0) is 48.4 Å². The molecule has 2 aromatic carbocycles. The second-order valence-electron chi connectivity index (χ2n) is 10.6. The van der Waals surface area contributed by atoms with E-state index in [0.717, 1.165) is 44.2 Å². The molecule has 1 saturated heterocycles. The van der Waals surface area contributed by atoms with Crippen molar-refractivity contribution in [2.24, 2.45) is 0 Å². The summed E-state index contributed by atoms with van der Waals surface area (Å²) in [6.07, 6.45) is 6.81. The Morgan fingerprint density at radius 2 is 2.08 bits per heavy atom. The SMILES string of the molecule is CCC[C@H](N[C@H]1CCc2cc(F)cc(F)c2C1)C(=O)Nc1cn(CC2COCCN2Cc2ccccc2)cn1. The maximum atomic E-state index is 14.4. The van der Waals surface area contributed by atoms with Crippen LogP contribution in [0.3, 0.4) is 0 Å². The Labute approximate surface area is 228 Å². The van der Waals surface area contributed by atoms with Gasteiger partial charge in [-0.1, -0.05) is 43.7 Å². The molecule has 9 heteroatoms. The first-order chi connectivity index (χ1) is 19.0. The number of rotatable bonds is 10. The number of carbonyl (C=O) groups is 1. The highest BCUT2D eigenvalue weighted by Gasteiger charge is 2.28. The normalized spacial score (nSPS) is 20.4. The van der Waals surface area contributed by atoms with E-state index in [-0.39, 0.29) is 18.0 Å². The van der Waals surface area contributed by atoms with Crippen LogP contribution < -0.4 is 10.6 Å². The molecular formula is C30H37F2N5O2. The molecule has 2 N–H and O–H groups in total. The zero-order valence-electron chi connectivity index (χ0n) is 22.4. The number of halogens is 2. The minimum Gasteiger partial charge on any atom is -0.378 e. The standard InChI is InChI=1S/C30H37F2N5O2/c1-2-6-28(34-24-10-9-22-13-23(31)14-27(32)26(22)15-24)30(38)35-29-18-36(20-33-29)17-25-19-39-12-11-37(25)16-21-7-4-3-5-8-21/h3-5,7-8,13-14,18,20,24-25,28,34H,2,6,9-12,15-17,19H2,1H3,(H,35,38)/t24-,25?,28-/m0/s1. The van der Waals surface area contributed by atoms with Crippen molar-refractivity contribution in [1.29, 1.82) is 0 Å². The second-order valence-corrected chi connectivity index (χ2v) is 10.6. The average Bonchev–Trinajstić information content (AvgIpc) is 3.37. The number of amides is 1. The largest absolute Gasteiger partial charge is 0.378 e. The number of aromatic nitrogens is 2. The summed E-state index contributed by atoms with van der Waals surface area (Å²) in [5, 5.41) is 6.39. The van der Waals surface area contributed by atoms with Gasteiger partial charge in [0.25, 0.3) is 0 Å². The fraction of sp³-hybridized carbons (Fsp3) is 0.467. The molecule has 1 aliphatic carbocycles. The summed E-state index contributed by atoms with van der Waals surface area (Å²) in [7, 11) is 0. The van der Waals surface area contributed by atoms with Crippen molar-refractivity contribution in [3.05, 3.63) is 83.3 Å². The van der Waals surface area contributed by atoms with Crippen LogP contribution in [0.15, 0.2) is 55.0 Å². The molecule has 39 heavy (non-hydrogen) atoms. The summed E-state index contributed by atoms with van der Waals surface area (Å²) in [4.78, 5) is 20.1. The van der Waals surface area contributed by atoms with Gasteiger partial charge in [-0.3, -0.25) is 9.69 Å². The van der Waals surface area contributed by atoms with E-state index < -0.39 is 17.7 Å². The number of nitrogens with zero attached hydrogens (tertiary/aromatic N) is 3. The summed E-state index contributed by atoms with van der Waals surface area (Å²) in [6.45, 7) is 5.83. The summed E-state index contributed by atoms with van der Waals surface area (Å²) < 4.78 is 35.7. The number of morpholine rings is 1. The molecule has 1 fully saturated rings. The second kappa shape index (κ2) is 12.8. The van der Waals surface area contributed by atoms with Gasteiger partial charge >= 0.3 is 0 Å². The summed E-state index contributed by atoms with van der Waals surface area (Å²) >= 11 is 0. The molecule has 1 aromatic heterocycles. The average molecular weight is 538 g/mol. The van der Waals surface area contributed by atoms with E-state index in [1.807, 2.05) is 23.8 Å². The summed E-state index contributed by atoms with van der Waals surface area (Å²) in [5.74, 6) is -0.701. The molecule has 208 valence electrons. The number of nitrogens with one attached hydrogen (secondary N) is 2. The number of anilines is 1. The van der Waals surface area contributed by atoms with Crippen molar-refractivity contribution in [2.45, 2.75) is 70.2 Å². The molecule has 5 rings (SSSR count). The van der Waals surface area contributed by atoms with Crippen molar-refractivity contribution in [3.8, 4) is 0 Å². The van der Waals surface area contributed by atoms with Gasteiger partial charge in [0.05, 0.1) is 31.6 Å². The fourth-order valence-corrected chi connectivity index (χ4v) is 5.66. The third kappa shape index (κ3) is 7.09. The Morgan fingerprint density at radius 3 is 2.90 bits per heavy atom. The van der Waals surface area contributed by atoms with Gasteiger partial charge in [-0.15, -0.1) is 0 Å². The molecule has 1 amide bonds. The smallest absolute Gasteiger partial charge is 0.242 e. The van der Waals surface area contributed by atoms with Gasteiger partial charge in [0.1, 0.15) is 11.6 Å². The quantitative estimate of drug-likeness (QED) is 0.403. The first kappa shape index (κ1) is 27.4. The van der Waals surface area contributed by atoms with Gasteiger partial charge in [-0.25, -0.2) is 13.8 Å². The third-order valence-electron chi connectivity index (χ3n) is 7.68. The maximum absolute atomic E-state index is 14.4. The molecule has 3 atom stereocenters. The number of benzene rings is 2. The molecule has 2 aliphatic rings. The summed E-state index contributed by atoms with van der Waals surface area (Å²) in [5.41, 5.74) is 2.54. The number of ether oxygens (including phenoxy) is 1. The molecule has 2 heterocycles. The highest BCUT2D eigenvalue weighted by molar-refractivity contribution is 5.94.